The molecule has 0 saturated heterocycles. The van der Waals surface area contributed by atoms with Gasteiger partial charge in [-0.05, 0) is 11.8 Å². The first-order chi connectivity index (χ1) is 14.1. The number of carbonyl (C=O) groups excluding carboxylic acids is 3. The molecule has 30 heavy (non-hydrogen) atoms. The number of carboxylic acid groups (broad SMARTS) is 1. The maximum atomic E-state index is 12.7. The van der Waals surface area contributed by atoms with Gasteiger partial charge in [-0.25, -0.2) is 9.78 Å². The molecule has 0 fully saturated rings. The molecule has 1 rings (SSSR count). The maximum absolute atomic E-state index is 12.7. The molecule has 11 heteroatoms. The normalized spacial score (nSPS) is 15.0. The summed E-state index contributed by atoms with van der Waals surface area (Å²) in [5, 5.41) is 16.7. The van der Waals surface area contributed by atoms with Gasteiger partial charge < -0.3 is 31.8 Å². The molecule has 0 aromatic carbocycles. The Labute approximate surface area is 175 Å². The fourth-order valence-electron chi connectivity index (χ4n) is 2.64. The SMILES string of the molecule is CCC(C)C(N)C(=O)NCC(=O)NC(Cc1cnc[nH]1)C(=O)NC(C(=O)O)C(C)C. The highest BCUT2D eigenvalue weighted by atomic mass is 16.4. The average molecular weight is 425 g/mol. The number of carbonyl (C=O) groups is 4. The summed E-state index contributed by atoms with van der Waals surface area (Å²) in [6, 6.07) is -2.90. The van der Waals surface area contributed by atoms with Gasteiger partial charge in [-0.1, -0.05) is 34.1 Å². The molecule has 0 bridgehead atoms. The van der Waals surface area contributed by atoms with E-state index >= 15 is 0 Å². The lowest BCUT2D eigenvalue weighted by molar-refractivity contribution is -0.143. The third-order valence-electron chi connectivity index (χ3n) is 4.84. The summed E-state index contributed by atoms with van der Waals surface area (Å²) < 4.78 is 0. The summed E-state index contributed by atoms with van der Waals surface area (Å²) in [5.41, 5.74) is 6.41. The maximum Gasteiger partial charge on any atom is 0.326 e. The summed E-state index contributed by atoms with van der Waals surface area (Å²) in [7, 11) is 0. The van der Waals surface area contributed by atoms with E-state index in [2.05, 4.69) is 25.9 Å². The topological polar surface area (TPSA) is 179 Å². The number of nitrogens with two attached hydrogens (primary N) is 1. The number of imidazole rings is 1. The van der Waals surface area contributed by atoms with Crippen molar-refractivity contribution in [3.63, 3.8) is 0 Å². The molecule has 1 aromatic heterocycles. The minimum absolute atomic E-state index is 0.0454. The zero-order valence-corrected chi connectivity index (χ0v) is 17.8. The van der Waals surface area contributed by atoms with Crippen LogP contribution in [-0.2, 0) is 25.6 Å². The molecular weight excluding hydrogens is 392 g/mol. The number of nitrogens with zero attached hydrogens (tertiary/aromatic N) is 1. The molecule has 3 amide bonds. The molecule has 0 aliphatic rings. The van der Waals surface area contributed by atoms with Crippen LogP contribution in [0.2, 0.25) is 0 Å². The highest BCUT2D eigenvalue weighted by molar-refractivity contribution is 5.92. The molecule has 4 atom stereocenters. The van der Waals surface area contributed by atoms with Crippen LogP contribution in [-0.4, -0.2) is 63.4 Å². The van der Waals surface area contributed by atoms with Crippen molar-refractivity contribution >= 4 is 23.7 Å². The zero-order valence-electron chi connectivity index (χ0n) is 17.8. The van der Waals surface area contributed by atoms with Crippen molar-refractivity contribution in [2.24, 2.45) is 17.6 Å². The van der Waals surface area contributed by atoms with Crippen molar-refractivity contribution in [1.29, 1.82) is 0 Å². The lowest BCUT2D eigenvalue weighted by Crippen LogP contribution is -2.55. The highest BCUT2D eigenvalue weighted by Gasteiger charge is 2.29. The van der Waals surface area contributed by atoms with E-state index in [0.717, 1.165) is 0 Å². The second-order valence-corrected chi connectivity index (χ2v) is 7.60. The van der Waals surface area contributed by atoms with Crippen LogP contribution in [0, 0.1) is 11.8 Å². The molecule has 4 unspecified atom stereocenters. The number of hydrogen-bond donors (Lipinski definition) is 6. The number of hydrogen-bond acceptors (Lipinski definition) is 6. The standard InChI is InChI=1S/C19H32N6O5/c1-5-11(4)15(20)18(28)22-8-14(26)24-13(6-12-7-21-9-23-12)17(27)25-16(10(2)3)19(29)30/h7,9-11,13,15-16H,5-6,8,20H2,1-4H3,(H,21,23)(H,22,28)(H,24,26)(H,25,27)(H,29,30). The van der Waals surface area contributed by atoms with Gasteiger partial charge in [0.2, 0.25) is 17.7 Å². The fraction of sp³-hybridized carbons (Fsp3) is 0.632. The lowest BCUT2D eigenvalue weighted by atomic mass is 9.99. The predicted molar refractivity (Wildman–Crippen MR) is 109 cm³/mol. The van der Waals surface area contributed by atoms with Crippen molar-refractivity contribution in [2.45, 2.75) is 58.7 Å². The Balaban J connectivity index is 2.78. The van der Waals surface area contributed by atoms with E-state index in [1.165, 1.54) is 12.5 Å². The molecule has 0 saturated carbocycles. The second-order valence-electron chi connectivity index (χ2n) is 7.60. The Bertz CT molecular complexity index is 721. The summed E-state index contributed by atoms with van der Waals surface area (Å²) in [6.07, 6.45) is 3.71. The molecular formula is C19H32N6O5. The van der Waals surface area contributed by atoms with Crippen LogP contribution in [0.4, 0.5) is 0 Å². The zero-order chi connectivity index (χ0) is 22.8. The fourth-order valence-corrected chi connectivity index (χ4v) is 2.64. The van der Waals surface area contributed by atoms with E-state index in [4.69, 9.17) is 5.73 Å². The number of rotatable bonds is 12. The lowest BCUT2D eigenvalue weighted by Gasteiger charge is -2.23. The number of amides is 3. The number of aromatic amines is 1. The molecule has 0 aliphatic carbocycles. The molecule has 168 valence electrons. The number of aliphatic carboxylic acids is 1. The van der Waals surface area contributed by atoms with Crippen LogP contribution in [0.5, 0.6) is 0 Å². The van der Waals surface area contributed by atoms with Crippen LogP contribution in [0.25, 0.3) is 0 Å². The predicted octanol–water partition coefficient (Wildman–Crippen LogP) is -0.848. The third-order valence-corrected chi connectivity index (χ3v) is 4.84. The van der Waals surface area contributed by atoms with E-state index < -0.39 is 41.8 Å². The van der Waals surface area contributed by atoms with E-state index in [0.29, 0.717) is 12.1 Å². The van der Waals surface area contributed by atoms with Crippen molar-refractivity contribution < 1.29 is 24.3 Å². The Morgan fingerprint density at radius 3 is 2.33 bits per heavy atom. The summed E-state index contributed by atoms with van der Waals surface area (Å²) in [6.45, 7) is 6.71. The van der Waals surface area contributed by atoms with Crippen molar-refractivity contribution in [2.75, 3.05) is 6.54 Å². The van der Waals surface area contributed by atoms with Gasteiger partial charge in [0, 0.05) is 18.3 Å². The van der Waals surface area contributed by atoms with Gasteiger partial charge in [-0.2, -0.15) is 0 Å². The minimum atomic E-state index is -1.17. The summed E-state index contributed by atoms with van der Waals surface area (Å²) in [5.74, 6) is -3.28. The number of aromatic nitrogens is 2. The Morgan fingerprint density at radius 1 is 1.17 bits per heavy atom. The molecule has 0 spiro atoms. The van der Waals surface area contributed by atoms with Crippen molar-refractivity contribution in [3.8, 4) is 0 Å². The highest BCUT2D eigenvalue weighted by Crippen LogP contribution is 2.06. The molecule has 1 heterocycles. The first-order valence-electron chi connectivity index (χ1n) is 9.89. The molecule has 0 aliphatic heterocycles. The smallest absolute Gasteiger partial charge is 0.326 e. The van der Waals surface area contributed by atoms with Gasteiger partial charge in [0.25, 0.3) is 0 Å². The van der Waals surface area contributed by atoms with Crippen LogP contribution in [0.3, 0.4) is 0 Å². The monoisotopic (exact) mass is 424 g/mol. The molecule has 1 aromatic rings. The van der Waals surface area contributed by atoms with Crippen molar-refractivity contribution in [3.05, 3.63) is 18.2 Å². The van der Waals surface area contributed by atoms with E-state index in [1.807, 2.05) is 13.8 Å². The summed E-state index contributed by atoms with van der Waals surface area (Å²) >= 11 is 0. The van der Waals surface area contributed by atoms with Gasteiger partial charge >= 0.3 is 5.97 Å². The first-order valence-corrected chi connectivity index (χ1v) is 9.89. The number of H-pyrrole nitrogens is 1. The molecule has 0 radical (unpaired) electrons. The van der Waals surface area contributed by atoms with Crippen LogP contribution in [0.1, 0.15) is 39.8 Å². The first kappa shape index (κ1) is 25.1. The van der Waals surface area contributed by atoms with Crippen molar-refractivity contribution in [1.82, 2.24) is 25.9 Å². The van der Waals surface area contributed by atoms with E-state index in [9.17, 15) is 24.3 Å². The van der Waals surface area contributed by atoms with Gasteiger partial charge in [-0.3, -0.25) is 14.4 Å². The van der Waals surface area contributed by atoms with Crippen LogP contribution in [0.15, 0.2) is 12.5 Å². The van der Waals surface area contributed by atoms with Gasteiger partial charge in [0.05, 0.1) is 18.9 Å². The van der Waals surface area contributed by atoms with Crippen LogP contribution < -0.4 is 21.7 Å². The van der Waals surface area contributed by atoms with Gasteiger partial charge in [0.1, 0.15) is 12.1 Å². The Hall–Kier alpha value is -2.95. The third kappa shape index (κ3) is 7.82. The molecule has 11 nitrogen and oxygen atoms in total. The quantitative estimate of drug-likeness (QED) is 0.253. The largest absolute Gasteiger partial charge is 0.480 e. The van der Waals surface area contributed by atoms with Crippen LogP contribution >= 0.6 is 0 Å². The van der Waals surface area contributed by atoms with E-state index in [1.54, 1.807) is 13.8 Å². The Kier molecular flexibility index (Phi) is 9.96. The average Bonchev–Trinajstić information content (AvgIpc) is 3.20. The second kappa shape index (κ2) is 11.9. The van der Waals surface area contributed by atoms with Gasteiger partial charge in [-0.15, -0.1) is 0 Å². The molecule has 7 N–H and O–H groups in total. The summed E-state index contributed by atoms with van der Waals surface area (Å²) in [4.78, 5) is 55.1. The number of nitrogens with one attached hydrogen (secondary N) is 4. The van der Waals surface area contributed by atoms with Gasteiger partial charge in [0.15, 0.2) is 0 Å². The number of carboxylic acids is 1. The minimum Gasteiger partial charge on any atom is -0.480 e. The Morgan fingerprint density at radius 2 is 1.83 bits per heavy atom. The van der Waals surface area contributed by atoms with E-state index in [-0.39, 0.29) is 24.8 Å².